The molecule has 1 heterocycles. The molecule has 0 bridgehead atoms. The number of nitrogens with one attached hydrogen (secondary N) is 2. The number of thiocarbonyl (C=S) groups is 1. The lowest BCUT2D eigenvalue weighted by Gasteiger charge is -2.24. The van der Waals surface area contributed by atoms with Gasteiger partial charge in [0.2, 0.25) is 0 Å². The number of hydrogen-bond donors (Lipinski definition) is 2. The van der Waals surface area contributed by atoms with Gasteiger partial charge in [-0.2, -0.15) is 0 Å². The Labute approximate surface area is 180 Å². The van der Waals surface area contributed by atoms with E-state index >= 15 is 0 Å². The summed E-state index contributed by atoms with van der Waals surface area (Å²) in [5.41, 5.74) is 4.14. The second kappa shape index (κ2) is 9.03. The Morgan fingerprint density at radius 2 is 1.64 bits per heavy atom. The van der Waals surface area contributed by atoms with E-state index in [4.69, 9.17) is 28.8 Å². The van der Waals surface area contributed by atoms with Gasteiger partial charge in [-0.1, -0.05) is 55.1 Å². The second-order valence-corrected chi connectivity index (χ2v) is 8.76. The molecule has 1 aliphatic carbocycles. The van der Waals surface area contributed by atoms with Crippen molar-refractivity contribution < 1.29 is 0 Å². The summed E-state index contributed by atoms with van der Waals surface area (Å²) in [5.74, 6) is 0. The monoisotopic (exact) mass is 427 g/mol. The minimum Gasteiger partial charge on any atom is -0.360 e. The smallest absolute Gasteiger partial charge is 0.170 e. The van der Waals surface area contributed by atoms with Gasteiger partial charge in [-0.15, -0.1) is 11.3 Å². The molecule has 0 spiro atoms. The van der Waals surface area contributed by atoms with E-state index in [9.17, 15) is 0 Å². The van der Waals surface area contributed by atoms with Gasteiger partial charge in [-0.05, 0) is 49.3 Å². The van der Waals surface area contributed by atoms with Crippen LogP contribution in [-0.2, 0) is 0 Å². The molecule has 144 valence electrons. The maximum atomic E-state index is 5.97. The van der Waals surface area contributed by atoms with Gasteiger partial charge < -0.3 is 10.6 Å². The quantitative estimate of drug-likeness (QED) is 0.451. The summed E-state index contributed by atoms with van der Waals surface area (Å²) in [6.45, 7) is 0. The molecule has 1 fully saturated rings. The molecular weight excluding hydrogens is 406 g/mol. The molecule has 2 aromatic carbocycles. The zero-order valence-electron chi connectivity index (χ0n) is 15.5. The van der Waals surface area contributed by atoms with Crippen molar-refractivity contribution in [3.8, 4) is 21.8 Å². The Kier molecular flexibility index (Phi) is 6.25. The van der Waals surface area contributed by atoms with Crippen LogP contribution in [0.5, 0.6) is 0 Å². The predicted octanol–water partition coefficient (Wildman–Crippen LogP) is 6.75. The normalized spacial score (nSPS) is 14.6. The van der Waals surface area contributed by atoms with Crippen LogP contribution in [0.3, 0.4) is 0 Å². The highest BCUT2D eigenvalue weighted by Gasteiger charge is 2.14. The standard InChI is InChI=1S/C22H22ClN3S2/c23-17-10-6-16(7-11-17)21-26-20(14-28-21)15-8-12-19(13-9-15)25-22(27)24-18-4-2-1-3-5-18/h6-14,18H,1-5H2,(H2,24,25,27). The molecule has 1 aliphatic rings. The summed E-state index contributed by atoms with van der Waals surface area (Å²) in [7, 11) is 0. The largest absolute Gasteiger partial charge is 0.360 e. The number of hydrogen-bond acceptors (Lipinski definition) is 3. The number of benzene rings is 2. The van der Waals surface area contributed by atoms with Crippen LogP contribution < -0.4 is 10.6 Å². The molecule has 0 aliphatic heterocycles. The molecule has 3 nitrogen and oxygen atoms in total. The summed E-state index contributed by atoms with van der Waals surface area (Å²) >= 11 is 13.1. The minimum absolute atomic E-state index is 0.509. The summed E-state index contributed by atoms with van der Waals surface area (Å²) in [6, 6.07) is 16.5. The molecule has 6 heteroatoms. The van der Waals surface area contributed by atoms with E-state index in [1.54, 1.807) is 11.3 Å². The Hall–Kier alpha value is -1.95. The van der Waals surface area contributed by atoms with Crippen molar-refractivity contribution in [3.05, 3.63) is 58.9 Å². The van der Waals surface area contributed by atoms with Crippen molar-refractivity contribution in [2.45, 2.75) is 38.1 Å². The number of nitrogens with zero attached hydrogens (tertiary/aromatic N) is 1. The number of halogens is 1. The van der Waals surface area contributed by atoms with E-state index in [0.717, 1.165) is 32.5 Å². The van der Waals surface area contributed by atoms with Gasteiger partial charge in [0.25, 0.3) is 0 Å². The molecule has 28 heavy (non-hydrogen) atoms. The molecule has 0 saturated heterocycles. The highest BCUT2D eigenvalue weighted by molar-refractivity contribution is 7.80. The number of anilines is 1. The first kappa shape index (κ1) is 19.4. The third kappa shape index (κ3) is 4.90. The SMILES string of the molecule is S=C(Nc1ccc(-c2csc(-c3ccc(Cl)cc3)n2)cc1)NC1CCCCC1. The van der Waals surface area contributed by atoms with Gasteiger partial charge in [0.05, 0.1) is 5.69 Å². The molecule has 1 aromatic heterocycles. The molecule has 0 radical (unpaired) electrons. The molecule has 0 amide bonds. The Bertz CT molecular complexity index is 929. The third-order valence-electron chi connectivity index (χ3n) is 4.97. The van der Waals surface area contributed by atoms with Crippen LogP contribution in [0.1, 0.15) is 32.1 Å². The molecule has 0 atom stereocenters. The lowest BCUT2D eigenvalue weighted by Crippen LogP contribution is -2.38. The van der Waals surface area contributed by atoms with Crippen molar-refractivity contribution in [3.63, 3.8) is 0 Å². The zero-order chi connectivity index (χ0) is 19.3. The lowest BCUT2D eigenvalue weighted by molar-refractivity contribution is 0.415. The van der Waals surface area contributed by atoms with E-state index in [1.165, 1.54) is 32.1 Å². The first-order chi connectivity index (χ1) is 13.7. The van der Waals surface area contributed by atoms with E-state index in [0.29, 0.717) is 11.2 Å². The second-order valence-electron chi connectivity index (χ2n) is 7.06. The summed E-state index contributed by atoms with van der Waals surface area (Å²) in [4.78, 5) is 4.77. The Morgan fingerprint density at radius 1 is 0.964 bits per heavy atom. The average Bonchev–Trinajstić information content (AvgIpc) is 3.20. The van der Waals surface area contributed by atoms with Crippen molar-refractivity contribution >= 4 is 46.0 Å². The van der Waals surface area contributed by atoms with Crippen LogP contribution in [0.25, 0.3) is 21.8 Å². The fourth-order valence-electron chi connectivity index (χ4n) is 3.46. The van der Waals surface area contributed by atoms with Crippen molar-refractivity contribution in [1.29, 1.82) is 0 Å². The average molecular weight is 428 g/mol. The van der Waals surface area contributed by atoms with Crippen molar-refractivity contribution in [1.82, 2.24) is 10.3 Å². The van der Waals surface area contributed by atoms with Gasteiger partial charge >= 0.3 is 0 Å². The molecule has 1 saturated carbocycles. The number of aromatic nitrogens is 1. The van der Waals surface area contributed by atoms with Gasteiger partial charge in [0, 0.05) is 33.3 Å². The highest BCUT2D eigenvalue weighted by atomic mass is 35.5. The van der Waals surface area contributed by atoms with Gasteiger partial charge in [-0.3, -0.25) is 0 Å². The maximum absolute atomic E-state index is 5.97. The van der Waals surface area contributed by atoms with Gasteiger partial charge in [0.15, 0.2) is 5.11 Å². The van der Waals surface area contributed by atoms with Crippen LogP contribution in [-0.4, -0.2) is 16.1 Å². The highest BCUT2D eigenvalue weighted by Crippen LogP contribution is 2.30. The predicted molar refractivity (Wildman–Crippen MR) is 124 cm³/mol. The first-order valence-corrected chi connectivity index (χ1v) is 11.2. The molecule has 3 aromatic rings. The maximum Gasteiger partial charge on any atom is 0.170 e. The van der Waals surface area contributed by atoms with E-state index in [1.807, 2.05) is 36.4 Å². The minimum atomic E-state index is 0.509. The van der Waals surface area contributed by atoms with Crippen molar-refractivity contribution in [2.75, 3.05) is 5.32 Å². The Balaban J connectivity index is 1.39. The molecule has 2 N–H and O–H groups in total. The zero-order valence-corrected chi connectivity index (χ0v) is 17.8. The molecule has 4 rings (SSSR count). The summed E-state index contributed by atoms with van der Waals surface area (Å²) < 4.78 is 0. The van der Waals surface area contributed by atoms with Crippen molar-refractivity contribution in [2.24, 2.45) is 0 Å². The topological polar surface area (TPSA) is 37.0 Å². The Morgan fingerprint density at radius 3 is 2.36 bits per heavy atom. The van der Waals surface area contributed by atoms with Crippen LogP contribution >= 0.6 is 35.2 Å². The van der Waals surface area contributed by atoms with Crippen LogP contribution in [0, 0.1) is 0 Å². The van der Waals surface area contributed by atoms with Gasteiger partial charge in [-0.25, -0.2) is 4.98 Å². The third-order valence-corrected chi connectivity index (χ3v) is 6.34. The molecular formula is C22H22ClN3S2. The summed E-state index contributed by atoms with van der Waals surface area (Å²) in [6.07, 6.45) is 6.35. The van der Waals surface area contributed by atoms with E-state index < -0.39 is 0 Å². The van der Waals surface area contributed by atoms with Gasteiger partial charge in [0.1, 0.15) is 5.01 Å². The van der Waals surface area contributed by atoms with Crippen LogP contribution in [0.2, 0.25) is 5.02 Å². The number of rotatable bonds is 4. The lowest BCUT2D eigenvalue weighted by atomic mass is 9.96. The first-order valence-electron chi connectivity index (χ1n) is 9.57. The van der Waals surface area contributed by atoms with Crippen LogP contribution in [0.4, 0.5) is 5.69 Å². The van der Waals surface area contributed by atoms with E-state index in [2.05, 4.69) is 28.1 Å². The number of thiazole rings is 1. The fraction of sp³-hybridized carbons (Fsp3) is 0.273. The fourth-order valence-corrected chi connectivity index (χ4v) is 4.70. The summed E-state index contributed by atoms with van der Waals surface area (Å²) in [5, 5.41) is 11.3. The van der Waals surface area contributed by atoms with Crippen LogP contribution in [0.15, 0.2) is 53.9 Å². The van der Waals surface area contributed by atoms with E-state index in [-0.39, 0.29) is 0 Å². The molecule has 0 unspecified atom stereocenters.